The fourth-order valence-corrected chi connectivity index (χ4v) is 0.867. The Labute approximate surface area is 74.0 Å². The average Bonchev–Trinajstić information content (AvgIpc) is 2.06. The molecule has 74 valence electrons. The molecule has 4 heteroatoms. The zero-order valence-electron chi connectivity index (χ0n) is 7.71. The molecule has 0 aliphatic carbocycles. The van der Waals surface area contributed by atoms with Crippen LogP contribution in [0.15, 0.2) is 0 Å². The molecule has 0 aliphatic heterocycles. The first-order chi connectivity index (χ1) is 5.81. The van der Waals surface area contributed by atoms with Gasteiger partial charge in [0.2, 0.25) is 0 Å². The maximum Gasteiger partial charge on any atom is 0.0542 e. The van der Waals surface area contributed by atoms with Gasteiger partial charge in [-0.15, -0.1) is 0 Å². The van der Waals surface area contributed by atoms with Crippen molar-refractivity contribution in [3.05, 3.63) is 0 Å². The minimum absolute atomic E-state index is 0.232. The third-order valence-electron chi connectivity index (χ3n) is 1.57. The zero-order valence-corrected chi connectivity index (χ0v) is 7.71. The summed E-state index contributed by atoms with van der Waals surface area (Å²) in [4.78, 5) is 0. The summed E-state index contributed by atoms with van der Waals surface area (Å²) in [6, 6.07) is 0. The molecule has 0 aromatic rings. The monoisotopic (exact) mass is 176 g/mol. The summed E-state index contributed by atoms with van der Waals surface area (Å²) >= 11 is 0. The molecular formula is C8H20N2O2. The topological polar surface area (TPSA) is 64.5 Å². The molecule has 0 rings (SSSR count). The van der Waals surface area contributed by atoms with Crippen LogP contribution in [0.5, 0.6) is 0 Å². The van der Waals surface area contributed by atoms with E-state index in [1.54, 1.807) is 0 Å². The second-order valence-electron chi connectivity index (χ2n) is 2.78. The Morgan fingerprint density at radius 2 is 1.42 bits per heavy atom. The van der Waals surface area contributed by atoms with Gasteiger partial charge in [0, 0.05) is 13.2 Å². The van der Waals surface area contributed by atoms with Gasteiger partial charge >= 0.3 is 0 Å². The van der Waals surface area contributed by atoms with E-state index in [1.165, 1.54) is 0 Å². The van der Waals surface area contributed by atoms with Crippen LogP contribution in [0.25, 0.3) is 0 Å². The Kier molecular flexibility index (Phi) is 8.81. The minimum atomic E-state index is 0.232. The molecule has 4 N–H and O–H groups in total. The number of hydrogen-bond donors (Lipinski definition) is 4. The minimum Gasteiger partial charge on any atom is -0.396 e. The molecule has 0 heterocycles. The van der Waals surface area contributed by atoms with Crippen molar-refractivity contribution in [2.45, 2.75) is 25.9 Å². The van der Waals surface area contributed by atoms with E-state index >= 15 is 0 Å². The third-order valence-corrected chi connectivity index (χ3v) is 1.57. The lowest BCUT2D eigenvalue weighted by atomic mass is 10.4. The molecule has 0 aromatic carbocycles. The Hall–Kier alpha value is -0.160. The average molecular weight is 176 g/mol. The van der Waals surface area contributed by atoms with Gasteiger partial charge in [-0.2, -0.15) is 0 Å². The number of aliphatic hydroxyl groups excluding tert-OH is 2. The molecule has 0 atom stereocenters. The van der Waals surface area contributed by atoms with Crippen molar-refractivity contribution in [2.24, 2.45) is 0 Å². The highest BCUT2D eigenvalue weighted by Crippen LogP contribution is 1.79. The van der Waals surface area contributed by atoms with E-state index in [1.807, 2.05) is 6.92 Å². The normalized spacial score (nSPS) is 11.0. The summed E-state index contributed by atoms with van der Waals surface area (Å²) in [5, 5.41) is 23.4. The molecule has 4 nitrogen and oxygen atoms in total. The van der Waals surface area contributed by atoms with Crippen LogP contribution in [0.4, 0.5) is 0 Å². The van der Waals surface area contributed by atoms with Crippen molar-refractivity contribution in [3.63, 3.8) is 0 Å². The molecule has 0 saturated carbocycles. The largest absolute Gasteiger partial charge is 0.396 e. The van der Waals surface area contributed by atoms with Crippen LogP contribution in [0, 0.1) is 0 Å². The van der Waals surface area contributed by atoms with E-state index in [-0.39, 0.29) is 19.4 Å². The van der Waals surface area contributed by atoms with Gasteiger partial charge in [0.1, 0.15) is 0 Å². The molecule has 0 aromatic heterocycles. The van der Waals surface area contributed by atoms with Crippen LogP contribution in [0.1, 0.15) is 19.8 Å². The number of nitrogens with one attached hydrogen (secondary N) is 2. The summed E-state index contributed by atoms with van der Waals surface area (Å²) < 4.78 is 0. The quantitative estimate of drug-likeness (QED) is 0.291. The summed E-state index contributed by atoms with van der Waals surface area (Å²) in [6.45, 7) is 4.13. The van der Waals surface area contributed by atoms with Crippen LogP contribution in [-0.2, 0) is 0 Å². The maximum atomic E-state index is 8.50. The van der Waals surface area contributed by atoms with Crippen LogP contribution in [0.3, 0.4) is 0 Å². The fourth-order valence-electron chi connectivity index (χ4n) is 0.867. The van der Waals surface area contributed by atoms with Crippen molar-refractivity contribution >= 4 is 0 Å². The molecule has 0 aliphatic rings. The van der Waals surface area contributed by atoms with Gasteiger partial charge in [-0.1, -0.05) is 0 Å². The van der Waals surface area contributed by atoms with Crippen molar-refractivity contribution in [1.82, 2.24) is 10.6 Å². The maximum absolute atomic E-state index is 8.50. The number of aliphatic hydroxyl groups is 2. The van der Waals surface area contributed by atoms with E-state index in [2.05, 4.69) is 10.6 Å². The molecular weight excluding hydrogens is 156 g/mol. The molecule has 0 bridgehead atoms. The van der Waals surface area contributed by atoms with E-state index in [4.69, 9.17) is 10.2 Å². The van der Waals surface area contributed by atoms with Crippen LogP contribution < -0.4 is 10.6 Å². The number of hydrogen-bond acceptors (Lipinski definition) is 4. The summed E-state index contributed by atoms with van der Waals surface area (Å²) in [6.07, 6.45) is 1.82. The lowest BCUT2D eigenvalue weighted by Gasteiger charge is -2.14. The highest BCUT2D eigenvalue weighted by atomic mass is 16.3. The first-order valence-corrected chi connectivity index (χ1v) is 4.49. The lowest BCUT2D eigenvalue weighted by Crippen LogP contribution is -2.40. The second kappa shape index (κ2) is 8.93. The predicted octanol–water partition coefficient (Wildman–Crippen LogP) is -0.724. The summed E-state index contributed by atoms with van der Waals surface area (Å²) in [5.41, 5.74) is 0. The van der Waals surface area contributed by atoms with Crippen LogP contribution in [-0.4, -0.2) is 42.7 Å². The fraction of sp³-hybridized carbons (Fsp3) is 1.00. The predicted molar refractivity (Wildman–Crippen MR) is 48.9 cm³/mol. The van der Waals surface area contributed by atoms with E-state index in [0.717, 1.165) is 25.9 Å². The summed E-state index contributed by atoms with van der Waals surface area (Å²) in [7, 11) is 0. The Bertz CT molecular complexity index is 81.1. The molecule has 0 radical (unpaired) electrons. The standard InChI is InChI=1S/C8H20N2O2/c1-8(9-4-2-6-11)10-5-3-7-12/h8-12H,2-7H2,1H3. The molecule has 0 spiro atoms. The van der Waals surface area contributed by atoms with Gasteiger partial charge in [-0.3, -0.25) is 0 Å². The summed E-state index contributed by atoms with van der Waals surface area (Å²) in [5.74, 6) is 0. The van der Waals surface area contributed by atoms with Crippen LogP contribution in [0.2, 0.25) is 0 Å². The van der Waals surface area contributed by atoms with Crippen molar-refractivity contribution in [3.8, 4) is 0 Å². The smallest absolute Gasteiger partial charge is 0.0542 e. The second-order valence-corrected chi connectivity index (χ2v) is 2.78. The Balaban J connectivity index is 3.04. The molecule has 12 heavy (non-hydrogen) atoms. The highest BCUT2D eigenvalue weighted by Gasteiger charge is 1.97. The van der Waals surface area contributed by atoms with Gasteiger partial charge in [0.25, 0.3) is 0 Å². The first kappa shape index (κ1) is 11.8. The molecule has 0 amide bonds. The van der Waals surface area contributed by atoms with Crippen molar-refractivity contribution in [1.29, 1.82) is 0 Å². The van der Waals surface area contributed by atoms with Gasteiger partial charge < -0.3 is 20.8 Å². The molecule has 0 unspecified atom stereocenters. The van der Waals surface area contributed by atoms with E-state index < -0.39 is 0 Å². The van der Waals surface area contributed by atoms with E-state index in [0.29, 0.717) is 0 Å². The van der Waals surface area contributed by atoms with Gasteiger partial charge in [-0.25, -0.2) is 0 Å². The van der Waals surface area contributed by atoms with E-state index in [9.17, 15) is 0 Å². The Morgan fingerprint density at radius 1 is 1.00 bits per heavy atom. The van der Waals surface area contributed by atoms with Crippen molar-refractivity contribution in [2.75, 3.05) is 26.3 Å². The highest BCUT2D eigenvalue weighted by molar-refractivity contribution is 4.57. The first-order valence-electron chi connectivity index (χ1n) is 4.49. The SMILES string of the molecule is CC(NCCCO)NCCCO. The van der Waals surface area contributed by atoms with Crippen molar-refractivity contribution < 1.29 is 10.2 Å². The van der Waals surface area contributed by atoms with Gasteiger partial charge in [-0.05, 0) is 32.9 Å². The third kappa shape index (κ3) is 7.94. The number of rotatable bonds is 8. The van der Waals surface area contributed by atoms with Gasteiger partial charge in [0.15, 0.2) is 0 Å². The molecule has 0 fully saturated rings. The van der Waals surface area contributed by atoms with Gasteiger partial charge in [0.05, 0.1) is 6.17 Å². The Morgan fingerprint density at radius 3 is 1.75 bits per heavy atom. The van der Waals surface area contributed by atoms with Crippen LogP contribution >= 0.6 is 0 Å². The lowest BCUT2D eigenvalue weighted by molar-refractivity contribution is 0.274. The molecule has 0 saturated heterocycles. The zero-order chi connectivity index (χ0) is 9.23.